The molecule has 1 aliphatic rings. The molecule has 1 unspecified atom stereocenters. The van der Waals surface area contributed by atoms with Crippen LogP contribution in [0.25, 0.3) is 11.4 Å². The van der Waals surface area contributed by atoms with Crippen LogP contribution in [-0.2, 0) is 9.59 Å². The molecular weight excluding hydrogens is 436 g/mol. The van der Waals surface area contributed by atoms with Gasteiger partial charge in [-0.15, -0.1) is 11.3 Å². The molecule has 1 aliphatic heterocycles. The van der Waals surface area contributed by atoms with E-state index >= 15 is 0 Å². The third kappa shape index (κ3) is 3.03. The van der Waals surface area contributed by atoms with Crippen molar-refractivity contribution in [2.75, 3.05) is 4.90 Å². The average molecular weight is 451 g/mol. The van der Waals surface area contributed by atoms with Gasteiger partial charge in [-0.05, 0) is 36.8 Å². The zero-order valence-electron chi connectivity index (χ0n) is 16.2. The van der Waals surface area contributed by atoms with Crippen LogP contribution in [0.1, 0.15) is 23.0 Å². The number of nitrogens with zero attached hydrogens (tertiary/aromatic N) is 4. The number of aryl methyl sites for hydroxylation is 1. The van der Waals surface area contributed by atoms with E-state index in [9.17, 15) is 14.7 Å². The Morgan fingerprint density at radius 1 is 1.19 bits per heavy atom. The number of carbonyl (C=O) groups excluding carboxylic acids is 2. The van der Waals surface area contributed by atoms with Crippen LogP contribution >= 0.6 is 22.9 Å². The first-order valence-corrected chi connectivity index (χ1v) is 10.6. The molecule has 1 fully saturated rings. The fraction of sp³-hybridized carbons (Fsp3) is 0.0909. The van der Waals surface area contributed by atoms with E-state index in [0.717, 1.165) is 0 Å². The van der Waals surface area contributed by atoms with Gasteiger partial charge < -0.3 is 5.11 Å². The van der Waals surface area contributed by atoms with Gasteiger partial charge >= 0.3 is 5.91 Å². The molecule has 1 aromatic carbocycles. The van der Waals surface area contributed by atoms with Gasteiger partial charge in [-0.1, -0.05) is 29.8 Å². The lowest BCUT2D eigenvalue weighted by molar-refractivity contribution is -0.132. The molecule has 4 aromatic rings. The van der Waals surface area contributed by atoms with E-state index in [1.165, 1.54) is 16.2 Å². The number of hydrogen-bond acceptors (Lipinski definition) is 6. The molecule has 0 radical (unpaired) electrons. The van der Waals surface area contributed by atoms with Gasteiger partial charge in [0.1, 0.15) is 11.3 Å². The molecule has 1 atom stereocenters. The van der Waals surface area contributed by atoms with Crippen molar-refractivity contribution in [1.82, 2.24) is 14.4 Å². The number of anilines is 1. The summed E-state index contributed by atoms with van der Waals surface area (Å²) in [5, 5.41) is 13.9. The van der Waals surface area contributed by atoms with E-state index < -0.39 is 17.7 Å². The Labute approximate surface area is 185 Å². The summed E-state index contributed by atoms with van der Waals surface area (Å²) in [5.74, 6) is -1.84. The van der Waals surface area contributed by atoms with Gasteiger partial charge in [-0.2, -0.15) is 0 Å². The molecular formula is C22H15ClN4O3S. The number of aliphatic hydroxyl groups is 1. The van der Waals surface area contributed by atoms with E-state index in [2.05, 4.69) is 9.97 Å². The maximum Gasteiger partial charge on any atom is 0.301 e. The molecule has 9 heteroatoms. The van der Waals surface area contributed by atoms with E-state index in [0.29, 0.717) is 32.8 Å². The second-order valence-corrected chi connectivity index (χ2v) is 8.32. The van der Waals surface area contributed by atoms with Gasteiger partial charge in [0.15, 0.2) is 10.9 Å². The number of imidazole rings is 1. The van der Waals surface area contributed by atoms with Crippen molar-refractivity contribution in [1.29, 1.82) is 0 Å². The fourth-order valence-electron chi connectivity index (χ4n) is 3.88. The number of hydrogen-bond donors (Lipinski definition) is 1. The molecule has 7 nitrogen and oxygen atoms in total. The predicted molar refractivity (Wildman–Crippen MR) is 118 cm³/mol. The zero-order valence-corrected chi connectivity index (χ0v) is 17.8. The van der Waals surface area contributed by atoms with Gasteiger partial charge in [0.25, 0.3) is 5.78 Å². The van der Waals surface area contributed by atoms with Crippen LogP contribution in [-0.4, -0.2) is 31.2 Å². The summed E-state index contributed by atoms with van der Waals surface area (Å²) in [6, 6.07) is 11.4. The molecule has 1 saturated heterocycles. The van der Waals surface area contributed by atoms with Crippen molar-refractivity contribution in [2.45, 2.75) is 13.0 Å². The summed E-state index contributed by atoms with van der Waals surface area (Å²) < 4.78 is 1.69. The Balaban J connectivity index is 1.80. The van der Waals surface area contributed by atoms with Crippen LogP contribution in [0.5, 0.6) is 0 Å². The number of amides is 1. The summed E-state index contributed by atoms with van der Waals surface area (Å²) in [6.45, 7) is 1.74. The van der Waals surface area contributed by atoms with Gasteiger partial charge in [0.05, 0.1) is 17.3 Å². The molecule has 1 N–H and O–H groups in total. The second-order valence-electron chi connectivity index (χ2n) is 7.01. The van der Waals surface area contributed by atoms with Crippen LogP contribution in [0.15, 0.2) is 65.8 Å². The van der Waals surface area contributed by atoms with Crippen LogP contribution in [0, 0.1) is 6.92 Å². The van der Waals surface area contributed by atoms with Gasteiger partial charge in [0.2, 0.25) is 0 Å². The van der Waals surface area contributed by atoms with Crippen molar-refractivity contribution < 1.29 is 14.7 Å². The lowest BCUT2D eigenvalue weighted by atomic mass is 9.96. The minimum atomic E-state index is -0.876. The third-order valence-electron chi connectivity index (χ3n) is 5.16. The van der Waals surface area contributed by atoms with Crippen molar-refractivity contribution in [3.8, 4) is 0 Å². The van der Waals surface area contributed by atoms with Crippen molar-refractivity contribution in [2.24, 2.45) is 0 Å². The minimum Gasteiger partial charge on any atom is -0.505 e. The second kappa shape index (κ2) is 7.33. The molecule has 1 amide bonds. The van der Waals surface area contributed by atoms with Crippen LogP contribution in [0.4, 0.5) is 5.13 Å². The van der Waals surface area contributed by atoms with Crippen molar-refractivity contribution in [3.63, 3.8) is 0 Å². The molecule has 0 spiro atoms. The molecule has 0 saturated carbocycles. The standard InChI is InChI=1S/C22H15ClN4O3S/c1-12-17(26-9-3-2-7-15(26)25-12)19(28)16-18(13-5-4-6-14(23)11-13)27(21(30)20(16)29)22-24-8-10-31-22/h2-11,18,28H,1H3. The first-order chi connectivity index (χ1) is 15.0. The number of Topliss-reactive ketones (excluding diaryl/α,β-unsaturated/α-hetero) is 1. The number of halogens is 1. The fourth-order valence-corrected chi connectivity index (χ4v) is 4.75. The monoisotopic (exact) mass is 450 g/mol. The summed E-state index contributed by atoms with van der Waals surface area (Å²) >= 11 is 7.44. The van der Waals surface area contributed by atoms with E-state index in [4.69, 9.17) is 11.6 Å². The maximum absolute atomic E-state index is 13.2. The first-order valence-electron chi connectivity index (χ1n) is 9.37. The SMILES string of the molecule is Cc1nc2ccccn2c1C(O)=C1C(=O)C(=O)N(c2nccs2)C1c1cccc(Cl)c1. The number of aliphatic hydroxyl groups excluding tert-OH is 1. The topological polar surface area (TPSA) is 87.8 Å². The number of ketones is 1. The lowest BCUT2D eigenvalue weighted by Gasteiger charge is -2.23. The Morgan fingerprint density at radius 3 is 2.77 bits per heavy atom. The zero-order chi connectivity index (χ0) is 21.7. The largest absolute Gasteiger partial charge is 0.505 e. The Kier molecular flexibility index (Phi) is 4.60. The molecule has 0 aliphatic carbocycles. The number of fused-ring (bicyclic) bond motifs is 1. The summed E-state index contributed by atoms with van der Waals surface area (Å²) in [7, 11) is 0. The van der Waals surface area contributed by atoms with Gasteiger partial charge in [-0.25, -0.2) is 9.97 Å². The predicted octanol–water partition coefficient (Wildman–Crippen LogP) is 4.38. The van der Waals surface area contributed by atoms with Crippen LogP contribution in [0.2, 0.25) is 5.02 Å². The number of pyridine rings is 1. The van der Waals surface area contributed by atoms with Crippen LogP contribution in [0.3, 0.4) is 0 Å². The highest BCUT2D eigenvalue weighted by atomic mass is 35.5. The maximum atomic E-state index is 13.2. The summed E-state index contributed by atoms with van der Waals surface area (Å²) in [6.07, 6.45) is 3.30. The Morgan fingerprint density at radius 2 is 2.03 bits per heavy atom. The van der Waals surface area contributed by atoms with Crippen molar-refractivity contribution in [3.05, 3.63) is 87.8 Å². The highest BCUT2D eigenvalue weighted by molar-refractivity contribution is 7.14. The van der Waals surface area contributed by atoms with Crippen molar-refractivity contribution >= 4 is 51.2 Å². The molecule has 4 heterocycles. The third-order valence-corrected chi connectivity index (χ3v) is 6.17. The molecule has 0 bridgehead atoms. The number of benzene rings is 1. The van der Waals surface area contributed by atoms with E-state index in [-0.39, 0.29) is 11.3 Å². The van der Waals surface area contributed by atoms with Gasteiger partial charge in [-0.3, -0.25) is 18.9 Å². The van der Waals surface area contributed by atoms with Gasteiger partial charge in [0, 0.05) is 22.8 Å². The summed E-state index contributed by atoms with van der Waals surface area (Å²) in [4.78, 5) is 36.2. The van der Waals surface area contributed by atoms with E-state index in [1.807, 2.05) is 6.07 Å². The molecule has 31 heavy (non-hydrogen) atoms. The lowest BCUT2D eigenvalue weighted by Crippen LogP contribution is -2.29. The quantitative estimate of drug-likeness (QED) is 0.284. The normalized spacial score (nSPS) is 18.3. The Bertz CT molecular complexity index is 1380. The smallest absolute Gasteiger partial charge is 0.301 e. The van der Waals surface area contributed by atoms with E-state index in [1.54, 1.807) is 65.5 Å². The number of aromatic nitrogens is 3. The highest BCUT2D eigenvalue weighted by Crippen LogP contribution is 2.43. The Hall–Kier alpha value is -3.49. The molecule has 5 rings (SSSR count). The number of rotatable bonds is 3. The molecule has 154 valence electrons. The number of carbonyl (C=O) groups is 2. The van der Waals surface area contributed by atoms with Crippen LogP contribution < -0.4 is 4.90 Å². The number of thiazole rings is 1. The minimum absolute atomic E-state index is 0.0313. The average Bonchev–Trinajstić information content (AvgIpc) is 3.45. The first kappa shape index (κ1) is 19.5. The molecule has 3 aromatic heterocycles. The highest BCUT2D eigenvalue weighted by Gasteiger charge is 2.48. The summed E-state index contributed by atoms with van der Waals surface area (Å²) in [5.41, 5.74) is 2.08.